The van der Waals surface area contributed by atoms with Crippen LogP contribution < -0.4 is 19.6 Å². The predicted octanol–water partition coefficient (Wildman–Crippen LogP) is 0.800. The molecule has 10 heteroatoms. The van der Waals surface area contributed by atoms with Gasteiger partial charge in [0.2, 0.25) is 6.29 Å². The molecule has 5 atom stereocenters. The zero-order chi connectivity index (χ0) is 23.8. The summed E-state index contributed by atoms with van der Waals surface area (Å²) in [6, 6.07) is 9.75. The van der Waals surface area contributed by atoms with Gasteiger partial charge < -0.3 is 43.8 Å². The van der Waals surface area contributed by atoms with Gasteiger partial charge in [-0.15, -0.1) is 0 Å². The van der Waals surface area contributed by atoms with Crippen LogP contribution in [-0.4, -0.2) is 71.0 Å². The number of benzene rings is 2. The van der Waals surface area contributed by atoms with Crippen LogP contribution >= 0.6 is 0 Å². The Labute approximate surface area is 193 Å². The highest BCUT2D eigenvalue weighted by Gasteiger charge is 2.44. The van der Waals surface area contributed by atoms with Crippen LogP contribution in [0, 0.1) is 0 Å². The molecule has 10 nitrogen and oxygen atoms in total. The number of hydrogen-bond donors (Lipinski definition) is 4. The van der Waals surface area contributed by atoms with E-state index in [2.05, 4.69) is 0 Å². The molecule has 4 N–H and O–H groups in total. The van der Waals surface area contributed by atoms with Crippen LogP contribution in [0.5, 0.6) is 17.2 Å². The number of aliphatic hydroxyl groups is 4. The third-order valence-electron chi connectivity index (χ3n) is 5.91. The molecule has 0 bridgehead atoms. The minimum absolute atomic E-state index is 0.198. The first-order valence-corrected chi connectivity index (χ1v) is 10.9. The Morgan fingerprint density at radius 2 is 1.74 bits per heavy atom. The maximum atomic E-state index is 13.2. The minimum Gasteiger partial charge on any atom is -0.490 e. The van der Waals surface area contributed by atoms with E-state index in [0.717, 1.165) is 6.42 Å². The lowest BCUT2D eigenvalue weighted by Gasteiger charge is -2.39. The monoisotopic (exact) mass is 472 g/mol. The van der Waals surface area contributed by atoms with Crippen molar-refractivity contribution in [2.75, 3.05) is 19.8 Å². The fraction of sp³-hybridized carbons (Fsp3) is 0.375. The van der Waals surface area contributed by atoms with Crippen LogP contribution in [0.15, 0.2) is 51.9 Å². The molecule has 180 valence electrons. The number of rotatable bonds is 4. The summed E-state index contributed by atoms with van der Waals surface area (Å²) in [6.45, 7) is 0.526. The standard InChI is InChI=1S/C24H24O10/c25-10-19-21(27)22(28)23(29)24(34-19)33-13-3-4-14-17(9-13)32-11-15(20(14)26)12-2-5-16-18(8-12)31-7-1-6-30-16/h2-5,8-9,11,19,21-25,27-29H,1,6-7,10H2/t19-,21+,22-,23-,24+/m0/s1. The molecular formula is C24H24O10. The van der Waals surface area contributed by atoms with Crippen LogP contribution in [-0.2, 0) is 4.74 Å². The quantitative estimate of drug-likeness (QED) is 0.430. The lowest BCUT2D eigenvalue weighted by molar-refractivity contribution is -0.277. The molecule has 1 aromatic heterocycles. The van der Waals surface area contributed by atoms with E-state index in [9.17, 15) is 25.2 Å². The van der Waals surface area contributed by atoms with Crippen molar-refractivity contribution in [1.29, 1.82) is 0 Å². The van der Waals surface area contributed by atoms with Crippen molar-refractivity contribution < 1.29 is 43.8 Å². The highest BCUT2D eigenvalue weighted by atomic mass is 16.7. The fourth-order valence-electron chi connectivity index (χ4n) is 4.01. The van der Waals surface area contributed by atoms with Crippen molar-refractivity contribution in [3.05, 3.63) is 52.9 Å². The third kappa shape index (κ3) is 4.10. The fourth-order valence-corrected chi connectivity index (χ4v) is 4.01. The van der Waals surface area contributed by atoms with Gasteiger partial charge in [-0.2, -0.15) is 0 Å². The van der Waals surface area contributed by atoms with Crippen molar-refractivity contribution in [1.82, 2.24) is 0 Å². The second-order valence-electron chi connectivity index (χ2n) is 8.16. The Kier molecular flexibility index (Phi) is 6.15. The van der Waals surface area contributed by atoms with E-state index in [0.29, 0.717) is 41.2 Å². The molecule has 34 heavy (non-hydrogen) atoms. The van der Waals surface area contributed by atoms with Crippen molar-refractivity contribution >= 4 is 11.0 Å². The van der Waals surface area contributed by atoms with E-state index in [-0.39, 0.29) is 16.8 Å². The first kappa shape index (κ1) is 22.6. The Bertz CT molecular complexity index is 1240. The van der Waals surface area contributed by atoms with Crippen molar-refractivity contribution in [3.63, 3.8) is 0 Å². The molecule has 2 aliphatic rings. The van der Waals surface area contributed by atoms with Gasteiger partial charge in [0.15, 0.2) is 16.9 Å². The van der Waals surface area contributed by atoms with Gasteiger partial charge in [-0.25, -0.2) is 0 Å². The highest BCUT2D eigenvalue weighted by Crippen LogP contribution is 2.34. The smallest absolute Gasteiger partial charge is 0.229 e. The molecular weight excluding hydrogens is 448 g/mol. The van der Waals surface area contributed by atoms with Gasteiger partial charge in [-0.05, 0) is 29.8 Å². The average Bonchev–Trinajstić information content (AvgIpc) is 3.09. The molecule has 2 aromatic carbocycles. The second-order valence-corrected chi connectivity index (χ2v) is 8.16. The maximum Gasteiger partial charge on any atom is 0.229 e. The Hall–Kier alpha value is -3.15. The normalized spacial score (nSPS) is 26.8. The Morgan fingerprint density at radius 3 is 2.53 bits per heavy atom. The summed E-state index contributed by atoms with van der Waals surface area (Å²) in [7, 11) is 0. The lowest BCUT2D eigenvalue weighted by atomic mass is 9.99. The summed E-state index contributed by atoms with van der Waals surface area (Å²) in [5.41, 5.74) is 0.965. The summed E-state index contributed by atoms with van der Waals surface area (Å²) in [5.74, 6) is 1.39. The summed E-state index contributed by atoms with van der Waals surface area (Å²) in [6.07, 6.45) is -4.93. The van der Waals surface area contributed by atoms with Gasteiger partial charge >= 0.3 is 0 Å². The molecule has 1 fully saturated rings. The number of hydrogen-bond acceptors (Lipinski definition) is 10. The summed E-state index contributed by atoms with van der Waals surface area (Å²) < 4.78 is 28.0. The summed E-state index contributed by atoms with van der Waals surface area (Å²) in [4.78, 5) is 13.2. The Morgan fingerprint density at radius 1 is 0.941 bits per heavy atom. The maximum absolute atomic E-state index is 13.2. The molecule has 0 aliphatic carbocycles. The van der Waals surface area contributed by atoms with Crippen molar-refractivity contribution in [2.45, 2.75) is 37.1 Å². The van der Waals surface area contributed by atoms with Crippen molar-refractivity contribution in [3.8, 4) is 28.4 Å². The molecule has 0 unspecified atom stereocenters. The molecule has 0 radical (unpaired) electrons. The van der Waals surface area contributed by atoms with Crippen LogP contribution in [0.1, 0.15) is 6.42 Å². The molecule has 1 saturated heterocycles. The molecule has 3 aromatic rings. The van der Waals surface area contributed by atoms with E-state index >= 15 is 0 Å². The lowest BCUT2D eigenvalue weighted by Crippen LogP contribution is -2.60. The molecule has 5 rings (SSSR count). The third-order valence-corrected chi connectivity index (χ3v) is 5.91. The van der Waals surface area contributed by atoms with Gasteiger partial charge in [0.05, 0.1) is 30.8 Å². The van der Waals surface area contributed by atoms with Crippen LogP contribution in [0.4, 0.5) is 0 Å². The predicted molar refractivity (Wildman–Crippen MR) is 118 cm³/mol. The molecule has 0 amide bonds. The Balaban J connectivity index is 1.42. The van der Waals surface area contributed by atoms with Gasteiger partial charge in [0.1, 0.15) is 42.0 Å². The number of fused-ring (bicyclic) bond motifs is 2. The van der Waals surface area contributed by atoms with Crippen LogP contribution in [0.25, 0.3) is 22.1 Å². The van der Waals surface area contributed by atoms with Gasteiger partial charge in [0, 0.05) is 12.5 Å². The summed E-state index contributed by atoms with van der Waals surface area (Å²) >= 11 is 0. The number of ether oxygens (including phenoxy) is 4. The van der Waals surface area contributed by atoms with Gasteiger partial charge in [0.25, 0.3) is 0 Å². The first-order chi connectivity index (χ1) is 16.5. The average molecular weight is 472 g/mol. The largest absolute Gasteiger partial charge is 0.490 e. The van der Waals surface area contributed by atoms with E-state index in [1.165, 1.54) is 24.5 Å². The molecule has 2 aliphatic heterocycles. The van der Waals surface area contributed by atoms with E-state index in [1.54, 1.807) is 18.2 Å². The van der Waals surface area contributed by atoms with Gasteiger partial charge in [-0.3, -0.25) is 4.79 Å². The minimum atomic E-state index is -1.56. The SMILES string of the molecule is O=c1c(-c2ccc3c(c2)OCCCO3)coc2cc(O[C@@H]3O[C@@H](CO)[C@@H](O)[C@H](O)[C@@H]3O)ccc12. The molecule has 0 saturated carbocycles. The van der Waals surface area contributed by atoms with E-state index in [1.807, 2.05) is 0 Å². The second kappa shape index (κ2) is 9.24. The molecule has 0 spiro atoms. The zero-order valence-corrected chi connectivity index (χ0v) is 18.0. The topological polar surface area (TPSA) is 148 Å². The van der Waals surface area contributed by atoms with Crippen LogP contribution in [0.2, 0.25) is 0 Å². The van der Waals surface area contributed by atoms with Crippen LogP contribution in [0.3, 0.4) is 0 Å². The van der Waals surface area contributed by atoms with E-state index in [4.69, 9.17) is 23.4 Å². The van der Waals surface area contributed by atoms with Gasteiger partial charge in [-0.1, -0.05) is 6.07 Å². The number of aliphatic hydroxyl groups excluding tert-OH is 4. The molecule has 3 heterocycles. The first-order valence-electron chi connectivity index (χ1n) is 10.9. The summed E-state index contributed by atoms with van der Waals surface area (Å²) in [5, 5.41) is 39.6. The van der Waals surface area contributed by atoms with Crippen molar-refractivity contribution in [2.24, 2.45) is 0 Å². The zero-order valence-electron chi connectivity index (χ0n) is 18.0. The van der Waals surface area contributed by atoms with E-state index < -0.39 is 37.3 Å². The highest BCUT2D eigenvalue weighted by molar-refractivity contribution is 5.83.